The Morgan fingerprint density at radius 2 is 2.06 bits per heavy atom. The summed E-state index contributed by atoms with van der Waals surface area (Å²) in [5, 5.41) is 0. The average molecular weight is 245 g/mol. The van der Waals surface area contributed by atoms with E-state index < -0.39 is 11.7 Å². The molecule has 0 fully saturated rings. The van der Waals surface area contributed by atoms with Gasteiger partial charge in [-0.25, -0.2) is 4.39 Å². The number of rotatable bonds is 2. The number of hydrogen-bond acceptors (Lipinski definition) is 3. The third-order valence-electron chi connectivity index (χ3n) is 2.61. The van der Waals surface area contributed by atoms with Crippen LogP contribution in [0.2, 0.25) is 0 Å². The van der Waals surface area contributed by atoms with E-state index in [1.807, 2.05) is 0 Å². The molecular weight excluding hydrogens is 233 g/mol. The van der Waals surface area contributed by atoms with Gasteiger partial charge in [-0.05, 0) is 18.2 Å². The van der Waals surface area contributed by atoms with Crippen molar-refractivity contribution in [3.8, 4) is 0 Å². The van der Waals surface area contributed by atoms with Gasteiger partial charge < -0.3 is 10.6 Å². The maximum Gasteiger partial charge on any atom is 0.261 e. The number of pyridine rings is 1. The summed E-state index contributed by atoms with van der Waals surface area (Å²) in [7, 11) is 1.55. The molecule has 0 saturated carbocycles. The monoisotopic (exact) mass is 245 g/mol. The molecule has 0 spiro atoms. The van der Waals surface area contributed by atoms with Crippen LogP contribution in [0.4, 0.5) is 15.8 Å². The van der Waals surface area contributed by atoms with Gasteiger partial charge in [0.15, 0.2) is 5.82 Å². The van der Waals surface area contributed by atoms with Crippen LogP contribution in [0.5, 0.6) is 0 Å². The van der Waals surface area contributed by atoms with Gasteiger partial charge in [-0.3, -0.25) is 9.78 Å². The van der Waals surface area contributed by atoms with Crippen LogP contribution in [-0.4, -0.2) is 17.9 Å². The van der Waals surface area contributed by atoms with E-state index in [2.05, 4.69) is 4.98 Å². The van der Waals surface area contributed by atoms with Crippen molar-refractivity contribution in [1.29, 1.82) is 0 Å². The van der Waals surface area contributed by atoms with Crippen molar-refractivity contribution >= 4 is 17.3 Å². The summed E-state index contributed by atoms with van der Waals surface area (Å²) in [5.41, 5.74) is 6.75. The molecule has 4 nitrogen and oxygen atoms in total. The molecule has 5 heteroatoms. The zero-order valence-electron chi connectivity index (χ0n) is 9.80. The minimum Gasteiger partial charge on any atom is -0.397 e. The van der Waals surface area contributed by atoms with Gasteiger partial charge in [0.25, 0.3) is 5.91 Å². The van der Waals surface area contributed by atoms with E-state index >= 15 is 0 Å². The normalized spacial score (nSPS) is 10.1. The third kappa shape index (κ3) is 2.15. The van der Waals surface area contributed by atoms with Gasteiger partial charge in [0.1, 0.15) is 0 Å². The van der Waals surface area contributed by atoms with Crippen LogP contribution >= 0.6 is 0 Å². The smallest absolute Gasteiger partial charge is 0.261 e. The second-order valence-electron chi connectivity index (χ2n) is 3.78. The summed E-state index contributed by atoms with van der Waals surface area (Å²) in [6, 6.07) is 8.25. The van der Waals surface area contributed by atoms with Crippen molar-refractivity contribution < 1.29 is 9.18 Å². The molecule has 1 aromatic heterocycles. The number of anilines is 2. The molecule has 0 bridgehead atoms. The van der Waals surface area contributed by atoms with Crippen molar-refractivity contribution in [2.45, 2.75) is 0 Å². The summed E-state index contributed by atoms with van der Waals surface area (Å²) >= 11 is 0. The lowest BCUT2D eigenvalue weighted by atomic mass is 10.2. The molecule has 0 aliphatic heterocycles. The first-order valence-electron chi connectivity index (χ1n) is 5.33. The summed E-state index contributed by atoms with van der Waals surface area (Å²) in [6.07, 6.45) is 2.38. The van der Waals surface area contributed by atoms with Crippen LogP contribution in [-0.2, 0) is 0 Å². The molecule has 0 saturated heterocycles. The van der Waals surface area contributed by atoms with Gasteiger partial charge in [0, 0.05) is 13.2 Å². The molecule has 0 aliphatic rings. The fraction of sp³-hybridized carbons (Fsp3) is 0.0769. The van der Waals surface area contributed by atoms with Gasteiger partial charge in [0.2, 0.25) is 0 Å². The van der Waals surface area contributed by atoms with Crippen molar-refractivity contribution in [2.24, 2.45) is 0 Å². The Morgan fingerprint density at radius 3 is 2.72 bits per heavy atom. The quantitative estimate of drug-likeness (QED) is 0.824. The minimum atomic E-state index is -0.649. The summed E-state index contributed by atoms with van der Waals surface area (Å²) in [4.78, 5) is 17.0. The first-order chi connectivity index (χ1) is 8.61. The Hall–Kier alpha value is -2.43. The van der Waals surface area contributed by atoms with E-state index in [1.54, 1.807) is 31.3 Å². The van der Waals surface area contributed by atoms with Gasteiger partial charge >= 0.3 is 0 Å². The predicted octanol–water partition coefficient (Wildman–Crippen LogP) is 2.08. The standard InChI is InChI=1S/C13H12FN3O/c1-17(12-5-3-2-4-11(12)15)13(18)9-6-7-16-8-10(9)14/h2-8H,15H2,1H3. The van der Waals surface area contributed by atoms with E-state index in [9.17, 15) is 9.18 Å². The Kier molecular flexibility index (Phi) is 3.23. The molecule has 0 atom stereocenters. The number of para-hydroxylation sites is 2. The van der Waals surface area contributed by atoms with E-state index in [-0.39, 0.29) is 5.56 Å². The largest absolute Gasteiger partial charge is 0.397 e. The maximum absolute atomic E-state index is 13.5. The average Bonchev–Trinajstić information content (AvgIpc) is 2.38. The van der Waals surface area contributed by atoms with Crippen LogP contribution < -0.4 is 10.6 Å². The first-order valence-corrected chi connectivity index (χ1v) is 5.33. The molecule has 18 heavy (non-hydrogen) atoms. The molecule has 0 radical (unpaired) electrons. The molecule has 1 heterocycles. The van der Waals surface area contributed by atoms with Crippen LogP contribution in [0, 0.1) is 5.82 Å². The zero-order valence-corrected chi connectivity index (χ0v) is 9.80. The molecule has 2 rings (SSSR count). The van der Waals surface area contributed by atoms with Crippen molar-refractivity contribution in [2.75, 3.05) is 17.7 Å². The van der Waals surface area contributed by atoms with Crippen molar-refractivity contribution in [1.82, 2.24) is 4.98 Å². The van der Waals surface area contributed by atoms with Crippen LogP contribution in [0.1, 0.15) is 10.4 Å². The number of amides is 1. The SMILES string of the molecule is CN(C(=O)c1ccncc1F)c1ccccc1N. The highest BCUT2D eigenvalue weighted by molar-refractivity contribution is 6.07. The van der Waals surface area contributed by atoms with E-state index in [4.69, 9.17) is 5.73 Å². The predicted molar refractivity (Wildman–Crippen MR) is 67.8 cm³/mol. The van der Waals surface area contributed by atoms with Crippen LogP contribution in [0.25, 0.3) is 0 Å². The second kappa shape index (κ2) is 4.83. The van der Waals surface area contributed by atoms with Crippen molar-refractivity contribution in [3.63, 3.8) is 0 Å². The number of carbonyl (C=O) groups is 1. The third-order valence-corrected chi connectivity index (χ3v) is 2.61. The minimum absolute atomic E-state index is 0.0317. The molecular formula is C13H12FN3O. The lowest BCUT2D eigenvalue weighted by molar-refractivity contribution is 0.0989. The number of benzene rings is 1. The lowest BCUT2D eigenvalue weighted by Gasteiger charge is -2.19. The Labute approximate surface area is 104 Å². The van der Waals surface area contributed by atoms with Gasteiger partial charge in [-0.15, -0.1) is 0 Å². The molecule has 1 aromatic carbocycles. The topological polar surface area (TPSA) is 59.2 Å². The van der Waals surface area contributed by atoms with Crippen LogP contribution in [0.3, 0.4) is 0 Å². The first kappa shape index (κ1) is 12.0. The molecule has 0 unspecified atom stereocenters. The number of halogens is 1. The molecule has 1 amide bonds. The number of nitrogen functional groups attached to an aromatic ring is 1. The highest BCUT2D eigenvalue weighted by atomic mass is 19.1. The van der Waals surface area contributed by atoms with E-state index in [0.29, 0.717) is 11.4 Å². The summed E-state index contributed by atoms with van der Waals surface area (Å²) in [6.45, 7) is 0. The van der Waals surface area contributed by atoms with Gasteiger partial charge in [-0.1, -0.05) is 12.1 Å². The number of hydrogen-bond donors (Lipinski definition) is 1. The van der Waals surface area contributed by atoms with E-state index in [1.165, 1.54) is 17.2 Å². The van der Waals surface area contributed by atoms with Gasteiger partial charge in [-0.2, -0.15) is 0 Å². The Bertz CT molecular complexity index is 586. The fourth-order valence-electron chi connectivity index (χ4n) is 1.63. The highest BCUT2D eigenvalue weighted by Crippen LogP contribution is 2.23. The fourth-order valence-corrected chi connectivity index (χ4v) is 1.63. The Balaban J connectivity index is 2.36. The maximum atomic E-state index is 13.5. The molecule has 2 N–H and O–H groups in total. The number of carbonyl (C=O) groups excluding carboxylic acids is 1. The van der Waals surface area contributed by atoms with Crippen LogP contribution in [0.15, 0.2) is 42.7 Å². The number of nitrogens with zero attached hydrogens (tertiary/aromatic N) is 2. The number of aromatic nitrogens is 1. The van der Waals surface area contributed by atoms with Gasteiger partial charge in [0.05, 0.1) is 23.1 Å². The molecule has 2 aromatic rings. The van der Waals surface area contributed by atoms with E-state index in [0.717, 1.165) is 6.20 Å². The molecule has 0 aliphatic carbocycles. The van der Waals surface area contributed by atoms with Crippen molar-refractivity contribution in [3.05, 3.63) is 54.1 Å². The number of nitrogens with two attached hydrogens (primary N) is 1. The highest BCUT2D eigenvalue weighted by Gasteiger charge is 2.18. The molecule has 92 valence electrons. The Morgan fingerprint density at radius 1 is 1.33 bits per heavy atom. The zero-order chi connectivity index (χ0) is 13.1. The summed E-state index contributed by atoms with van der Waals surface area (Å²) < 4.78 is 13.5. The second-order valence-corrected chi connectivity index (χ2v) is 3.78. The summed E-state index contributed by atoms with van der Waals surface area (Å²) in [5.74, 6) is -1.11. The lowest BCUT2D eigenvalue weighted by Crippen LogP contribution is -2.27.